The molecule has 1 aromatic rings. The third-order valence-corrected chi connectivity index (χ3v) is 5.43. The quantitative estimate of drug-likeness (QED) is 0.833. The fraction of sp³-hybridized carbons (Fsp3) is 0.636. The van der Waals surface area contributed by atoms with Crippen molar-refractivity contribution in [3.8, 4) is 0 Å². The molecule has 0 saturated heterocycles. The first-order chi connectivity index (χ1) is 7.90. The molecule has 0 radical (unpaired) electrons. The van der Waals surface area contributed by atoms with Gasteiger partial charge in [0.05, 0.1) is 4.90 Å². The molecular weight excluding hydrogens is 256 g/mol. The van der Waals surface area contributed by atoms with Crippen LogP contribution in [-0.2, 0) is 16.6 Å². The zero-order valence-electron chi connectivity index (χ0n) is 10.7. The van der Waals surface area contributed by atoms with Gasteiger partial charge in [-0.1, -0.05) is 6.92 Å². The van der Waals surface area contributed by atoms with Gasteiger partial charge in [-0.05, 0) is 33.4 Å². The highest BCUT2D eigenvalue weighted by atomic mass is 32.2. The Hall–Kier alpha value is -0.430. The van der Waals surface area contributed by atoms with Crippen molar-refractivity contribution in [2.45, 2.75) is 44.7 Å². The molecule has 1 rings (SSSR count). The number of rotatable bonds is 6. The Morgan fingerprint density at radius 2 is 2.12 bits per heavy atom. The lowest BCUT2D eigenvalue weighted by molar-refractivity contribution is 0.555. The van der Waals surface area contributed by atoms with Gasteiger partial charge < -0.3 is 5.32 Å². The molecule has 0 fully saturated rings. The molecule has 1 aromatic heterocycles. The van der Waals surface area contributed by atoms with Crippen LogP contribution in [-0.4, -0.2) is 21.5 Å². The predicted octanol–water partition coefficient (Wildman–Crippen LogP) is 1.85. The van der Waals surface area contributed by atoms with Crippen molar-refractivity contribution in [3.05, 3.63) is 15.8 Å². The standard InChI is InChI=1S/C11H20N2O2S2/c1-5-8(2)13-17(14,15)11-6-10(7-12-4)16-9(11)3/h6,8,12-13H,5,7H2,1-4H3. The van der Waals surface area contributed by atoms with E-state index in [9.17, 15) is 8.42 Å². The lowest BCUT2D eigenvalue weighted by Gasteiger charge is -2.11. The van der Waals surface area contributed by atoms with E-state index >= 15 is 0 Å². The molecule has 98 valence electrons. The molecule has 4 nitrogen and oxygen atoms in total. The molecule has 1 atom stereocenters. The Kier molecular flexibility index (Phi) is 5.12. The van der Waals surface area contributed by atoms with Crippen molar-refractivity contribution >= 4 is 21.4 Å². The van der Waals surface area contributed by atoms with Gasteiger partial charge >= 0.3 is 0 Å². The Morgan fingerprint density at radius 3 is 2.65 bits per heavy atom. The van der Waals surface area contributed by atoms with E-state index in [2.05, 4.69) is 10.0 Å². The van der Waals surface area contributed by atoms with Gasteiger partial charge in [0.15, 0.2) is 0 Å². The molecule has 0 amide bonds. The summed E-state index contributed by atoms with van der Waals surface area (Å²) in [5.41, 5.74) is 0. The summed E-state index contributed by atoms with van der Waals surface area (Å²) in [4.78, 5) is 2.29. The first-order valence-corrected chi connectivity index (χ1v) is 7.97. The molecule has 0 aliphatic heterocycles. The topological polar surface area (TPSA) is 58.2 Å². The van der Waals surface area contributed by atoms with Crippen molar-refractivity contribution in [1.82, 2.24) is 10.0 Å². The highest BCUT2D eigenvalue weighted by Crippen LogP contribution is 2.25. The first kappa shape index (κ1) is 14.6. The Balaban J connectivity index is 2.98. The molecule has 6 heteroatoms. The van der Waals surface area contributed by atoms with Crippen LogP contribution in [0.15, 0.2) is 11.0 Å². The van der Waals surface area contributed by atoms with Crippen molar-refractivity contribution in [2.75, 3.05) is 7.05 Å². The van der Waals surface area contributed by atoms with E-state index in [0.29, 0.717) is 11.4 Å². The van der Waals surface area contributed by atoms with E-state index in [0.717, 1.165) is 16.2 Å². The van der Waals surface area contributed by atoms with E-state index in [1.807, 2.05) is 27.8 Å². The molecule has 1 heterocycles. The summed E-state index contributed by atoms with van der Waals surface area (Å²) in [6.07, 6.45) is 0.784. The number of hydrogen-bond donors (Lipinski definition) is 2. The molecule has 1 unspecified atom stereocenters. The van der Waals surface area contributed by atoms with Crippen LogP contribution in [0.5, 0.6) is 0 Å². The Labute approximate surface area is 107 Å². The van der Waals surface area contributed by atoms with Crippen LogP contribution in [0.1, 0.15) is 30.0 Å². The van der Waals surface area contributed by atoms with Crippen molar-refractivity contribution < 1.29 is 8.42 Å². The second-order valence-electron chi connectivity index (χ2n) is 4.09. The summed E-state index contributed by atoms with van der Waals surface area (Å²) in [6, 6.07) is 1.72. The van der Waals surface area contributed by atoms with Crippen molar-refractivity contribution in [2.24, 2.45) is 0 Å². The van der Waals surface area contributed by atoms with Crippen molar-refractivity contribution in [3.63, 3.8) is 0 Å². The minimum Gasteiger partial charge on any atom is -0.315 e. The number of nitrogens with one attached hydrogen (secondary N) is 2. The summed E-state index contributed by atoms with van der Waals surface area (Å²) < 4.78 is 26.9. The molecule has 0 aliphatic rings. The van der Waals surface area contributed by atoms with E-state index in [-0.39, 0.29) is 6.04 Å². The summed E-state index contributed by atoms with van der Waals surface area (Å²) in [6.45, 7) is 6.37. The zero-order valence-corrected chi connectivity index (χ0v) is 12.3. The van der Waals surface area contributed by atoms with E-state index in [4.69, 9.17) is 0 Å². The van der Waals surface area contributed by atoms with Gasteiger partial charge in [-0.15, -0.1) is 11.3 Å². The number of sulfonamides is 1. The average molecular weight is 276 g/mol. The fourth-order valence-electron chi connectivity index (χ4n) is 1.46. The number of thiophene rings is 1. The second-order valence-corrected chi connectivity index (χ2v) is 7.12. The third-order valence-electron chi connectivity index (χ3n) is 2.53. The molecule has 17 heavy (non-hydrogen) atoms. The van der Waals surface area contributed by atoms with Crippen LogP contribution in [0, 0.1) is 6.92 Å². The van der Waals surface area contributed by atoms with Crippen LogP contribution in [0.3, 0.4) is 0 Å². The lowest BCUT2D eigenvalue weighted by Crippen LogP contribution is -2.32. The fourth-order valence-corrected chi connectivity index (χ4v) is 4.44. The van der Waals surface area contributed by atoms with Gasteiger partial charge in [-0.3, -0.25) is 0 Å². The minimum atomic E-state index is -3.37. The van der Waals surface area contributed by atoms with Crippen LogP contribution in [0.25, 0.3) is 0 Å². The van der Waals surface area contributed by atoms with Crippen LogP contribution < -0.4 is 10.0 Å². The van der Waals surface area contributed by atoms with Gasteiger partial charge in [0, 0.05) is 22.3 Å². The lowest BCUT2D eigenvalue weighted by atomic mass is 10.3. The molecule has 0 aliphatic carbocycles. The van der Waals surface area contributed by atoms with Gasteiger partial charge in [0.1, 0.15) is 0 Å². The SMILES string of the molecule is CCC(C)NS(=O)(=O)c1cc(CNC)sc1C. The smallest absolute Gasteiger partial charge is 0.241 e. The minimum absolute atomic E-state index is 0.0351. The summed E-state index contributed by atoms with van der Waals surface area (Å²) in [7, 11) is -1.52. The third kappa shape index (κ3) is 3.77. The normalized spacial score (nSPS) is 13.9. The van der Waals surface area contributed by atoms with Crippen LogP contribution in [0.4, 0.5) is 0 Å². The van der Waals surface area contributed by atoms with Gasteiger partial charge in [-0.2, -0.15) is 0 Å². The van der Waals surface area contributed by atoms with Gasteiger partial charge in [-0.25, -0.2) is 13.1 Å². The second kappa shape index (κ2) is 5.95. The summed E-state index contributed by atoms with van der Waals surface area (Å²) in [5.74, 6) is 0. The summed E-state index contributed by atoms with van der Waals surface area (Å²) >= 11 is 1.52. The molecule has 0 saturated carbocycles. The zero-order chi connectivity index (χ0) is 13.1. The molecule has 0 aromatic carbocycles. The monoisotopic (exact) mass is 276 g/mol. The van der Waals surface area contributed by atoms with E-state index in [1.165, 1.54) is 11.3 Å². The van der Waals surface area contributed by atoms with Gasteiger partial charge in [0.25, 0.3) is 0 Å². The van der Waals surface area contributed by atoms with Crippen LogP contribution >= 0.6 is 11.3 Å². The van der Waals surface area contributed by atoms with E-state index < -0.39 is 10.0 Å². The Morgan fingerprint density at radius 1 is 1.47 bits per heavy atom. The highest BCUT2D eigenvalue weighted by Gasteiger charge is 2.21. The maximum absolute atomic E-state index is 12.1. The largest absolute Gasteiger partial charge is 0.315 e. The van der Waals surface area contributed by atoms with E-state index in [1.54, 1.807) is 6.07 Å². The maximum Gasteiger partial charge on any atom is 0.241 e. The molecule has 0 bridgehead atoms. The van der Waals surface area contributed by atoms with Crippen molar-refractivity contribution in [1.29, 1.82) is 0 Å². The number of hydrogen-bond acceptors (Lipinski definition) is 4. The van der Waals surface area contributed by atoms with Crippen LogP contribution in [0.2, 0.25) is 0 Å². The summed E-state index contributed by atoms with van der Waals surface area (Å²) in [5, 5.41) is 3.02. The number of aryl methyl sites for hydroxylation is 1. The maximum atomic E-state index is 12.1. The predicted molar refractivity (Wildman–Crippen MR) is 71.9 cm³/mol. The molecular formula is C11H20N2O2S2. The highest BCUT2D eigenvalue weighted by molar-refractivity contribution is 7.89. The van der Waals surface area contributed by atoms with Gasteiger partial charge in [0.2, 0.25) is 10.0 Å². The first-order valence-electron chi connectivity index (χ1n) is 5.67. The Bertz CT molecular complexity index is 466. The molecule has 2 N–H and O–H groups in total. The molecule has 0 spiro atoms. The average Bonchev–Trinajstić information content (AvgIpc) is 2.60.